The Balaban J connectivity index is 0.965. The quantitative estimate of drug-likeness (QED) is 0.165. The van der Waals surface area contributed by atoms with Gasteiger partial charge in [-0.1, -0.05) is 152 Å². The fourth-order valence-corrected chi connectivity index (χ4v) is 10.2. The maximum atomic E-state index is 2.46. The third-order valence-electron chi connectivity index (χ3n) is 12.8. The van der Waals surface area contributed by atoms with E-state index < -0.39 is 0 Å². The first-order valence-corrected chi connectivity index (χ1v) is 20.8. The minimum absolute atomic E-state index is 1.15. The highest BCUT2D eigenvalue weighted by Crippen LogP contribution is 2.51. The summed E-state index contributed by atoms with van der Waals surface area (Å²) < 4.78 is 4.87. The summed E-state index contributed by atoms with van der Waals surface area (Å²) in [7, 11) is 0. The van der Waals surface area contributed by atoms with E-state index in [1.807, 2.05) is 0 Å². The molecule has 278 valence electrons. The molecule has 13 rings (SSSR count). The second-order valence-corrected chi connectivity index (χ2v) is 16.1. The minimum Gasteiger partial charge on any atom is -0.309 e. The van der Waals surface area contributed by atoms with Crippen LogP contribution in [-0.4, -0.2) is 9.13 Å². The fraction of sp³-hybridized carbons (Fsp3) is 0. The average molecular weight is 761 g/mol. The molecule has 0 atom stereocenters. The van der Waals surface area contributed by atoms with Crippen LogP contribution in [0.3, 0.4) is 0 Å². The Morgan fingerprint density at radius 2 is 0.700 bits per heavy atom. The number of rotatable bonds is 5. The monoisotopic (exact) mass is 760 g/mol. The minimum atomic E-state index is 1.15. The van der Waals surface area contributed by atoms with Crippen LogP contribution < -0.4 is 0 Å². The molecular weight excluding hydrogens is 725 g/mol. The van der Waals surface area contributed by atoms with Crippen molar-refractivity contribution in [3.05, 3.63) is 218 Å². The van der Waals surface area contributed by atoms with Crippen molar-refractivity contribution in [1.29, 1.82) is 0 Å². The molecule has 0 spiro atoms. The molecule has 2 nitrogen and oxygen atoms in total. The summed E-state index contributed by atoms with van der Waals surface area (Å²) in [5.74, 6) is 0. The van der Waals surface area contributed by atoms with Gasteiger partial charge in [-0.25, -0.2) is 0 Å². The van der Waals surface area contributed by atoms with Gasteiger partial charge >= 0.3 is 0 Å². The van der Waals surface area contributed by atoms with Gasteiger partial charge in [-0.15, -0.1) is 0 Å². The Labute approximate surface area is 347 Å². The highest BCUT2D eigenvalue weighted by atomic mass is 15.0. The molecule has 2 aromatic heterocycles. The van der Waals surface area contributed by atoms with Gasteiger partial charge in [0.05, 0.1) is 22.1 Å². The van der Waals surface area contributed by atoms with Crippen molar-refractivity contribution < 1.29 is 0 Å². The van der Waals surface area contributed by atoms with Crippen molar-refractivity contribution >= 4 is 54.4 Å². The van der Waals surface area contributed by atoms with Gasteiger partial charge in [-0.05, 0) is 133 Å². The first-order chi connectivity index (χ1) is 29.8. The van der Waals surface area contributed by atoms with Crippen molar-refractivity contribution in [3.63, 3.8) is 0 Å². The topological polar surface area (TPSA) is 9.86 Å². The second-order valence-electron chi connectivity index (χ2n) is 16.1. The van der Waals surface area contributed by atoms with Crippen molar-refractivity contribution in [3.8, 4) is 67.0 Å². The molecule has 0 radical (unpaired) electrons. The lowest BCUT2D eigenvalue weighted by Gasteiger charge is -2.11. The molecule has 10 aromatic carbocycles. The molecule has 60 heavy (non-hydrogen) atoms. The zero-order valence-electron chi connectivity index (χ0n) is 32.7. The molecule has 0 unspecified atom stereocenters. The van der Waals surface area contributed by atoms with E-state index >= 15 is 0 Å². The standard InChI is InChI=1S/C58H36N2/c1-3-13-37(14-4-1)39-15-11-16-40(33-39)38-25-29-44(30-26-38)59-53-24-10-9-21-47(53)50-34-41(27-31-54(50)59)42-28-32-55-52(35-42)58-49-23-12-22-48-45-19-7-8-20-46(45)51(57(48)49)36-56(58)60(55)43-17-5-2-6-18-43/h1-36H. The van der Waals surface area contributed by atoms with Gasteiger partial charge in [-0.3, -0.25) is 0 Å². The van der Waals surface area contributed by atoms with E-state index in [0.29, 0.717) is 0 Å². The molecular formula is C58H36N2. The van der Waals surface area contributed by atoms with Crippen LogP contribution >= 0.6 is 0 Å². The van der Waals surface area contributed by atoms with Crippen molar-refractivity contribution in [2.24, 2.45) is 0 Å². The van der Waals surface area contributed by atoms with Crippen LogP contribution in [0.5, 0.6) is 0 Å². The van der Waals surface area contributed by atoms with Crippen LogP contribution in [0.25, 0.3) is 121 Å². The van der Waals surface area contributed by atoms with Gasteiger partial charge in [0.15, 0.2) is 0 Å². The molecule has 0 fully saturated rings. The van der Waals surface area contributed by atoms with Gasteiger partial charge in [-0.2, -0.15) is 0 Å². The summed E-state index contributed by atoms with van der Waals surface area (Å²) in [6.45, 7) is 0. The summed E-state index contributed by atoms with van der Waals surface area (Å²) in [4.78, 5) is 0. The molecule has 12 aromatic rings. The van der Waals surface area contributed by atoms with Crippen LogP contribution in [0.2, 0.25) is 0 Å². The lowest BCUT2D eigenvalue weighted by atomic mass is 9.96. The molecule has 0 bridgehead atoms. The number of fused-ring (bicyclic) bond motifs is 10. The smallest absolute Gasteiger partial charge is 0.0553 e. The Morgan fingerprint density at radius 1 is 0.217 bits per heavy atom. The Hall–Kier alpha value is -7.94. The summed E-state index contributed by atoms with van der Waals surface area (Å²) in [5, 5.41) is 7.73. The predicted octanol–water partition coefficient (Wildman–Crippen LogP) is 15.7. The van der Waals surface area contributed by atoms with E-state index in [9.17, 15) is 0 Å². The van der Waals surface area contributed by atoms with Gasteiger partial charge in [0.2, 0.25) is 0 Å². The highest BCUT2D eigenvalue weighted by Gasteiger charge is 2.25. The number of hydrogen-bond donors (Lipinski definition) is 0. The summed E-state index contributed by atoms with van der Waals surface area (Å²) in [5.41, 5.74) is 19.7. The maximum absolute atomic E-state index is 2.46. The number of para-hydroxylation sites is 2. The number of aromatic nitrogens is 2. The average Bonchev–Trinajstić information content (AvgIpc) is 3.96. The molecule has 0 saturated carbocycles. The van der Waals surface area contributed by atoms with E-state index in [1.165, 1.54) is 116 Å². The zero-order valence-corrected chi connectivity index (χ0v) is 32.7. The van der Waals surface area contributed by atoms with Crippen molar-refractivity contribution in [2.75, 3.05) is 0 Å². The number of benzene rings is 10. The molecule has 0 aliphatic heterocycles. The fourth-order valence-electron chi connectivity index (χ4n) is 10.2. The Bertz CT molecular complexity index is 3680. The number of nitrogens with zero attached hydrogens (tertiary/aromatic N) is 2. The van der Waals surface area contributed by atoms with Crippen molar-refractivity contribution in [2.45, 2.75) is 0 Å². The van der Waals surface area contributed by atoms with Gasteiger partial charge in [0, 0.05) is 32.9 Å². The van der Waals surface area contributed by atoms with Gasteiger partial charge < -0.3 is 9.13 Å². The molecule has 1 aliphatic rings. The van der Waals surface area contributed by atoms with E-state index in [0.717, 1.165) is 5.69 Å². The first kappa shape index (κ1) is 33.1. The summed E-state index contributed by atoms with van der Waals surface area (Å²) in [6, 6.07) is 80.3. The van der Waals surface area contributed by atoms with Gasteiger partial charge in [0.25, 0.3) is 0 Å². The van der Waals surface area contributed by atoms with Gasteiger partial charge in [0.1, 0.15) is 0 Å². The van der Waals surface area contributed by atoms with E-state index in [4.69, 9.17) is 0 Å². The van der Waals surface area contributed by atoms with Crippen LogP contribution in [-0.2, 0) is 0 Å². The van der Waals surface area contributed by atoms with Crippen LogP contribution in [0.15, 0.2) is 218 Å². The van der Waals surface area contributed by atoms with Crippen molar-refractivity contribution in [1.82, 2.24) is 9.13 Å². The van der Waals surface area contributed by atoms with E-state index in [2.05, 4.69) is 228 Å². The summed E-state index contributed by atoms with van der Waals surface area (Å²) in [6.07, 6.45) is 0. The van der Waals surface area contributed by atoms with Crippen LogP contribution in [0.1, 0.15) is 0 Å². The van der Waals surface area contributed by atoms with E-state index in [1.54, 1.807) is 0 Å². The largest absolute Gasteiger partial charge is 0.309 e. The molecule has 0 N–H and O–H groups in total. The molecule has 0 saturated heterocycles. The number of hydrogen-bond acceptors (Lipinski definition) is 0. The maximum Gasteiger partial charge on any atom is 0.0553 e. The Kier molecular flexibility index (Phi) is 7.05. The molecule has 0 amide bonds. The SMILES string of the molecule is c1ccc(-c2cccc(-c3ccc(-n4c5ccccc5c5cc(-c6ccc7c(c6)c6c8cccc9c8c(cc6n7-c6ccccc6)-c6ccccc6-9)ccc54)cc3)c2)cc1. The third-order valence-corrected chi connectivity index (χ3v) is 12.8. The normalized spacial score (nSPS) is 12.0. The molecule has 2 heteroatoms. The van der Waals surface area contributed by atoms with Crippen LogP contribution in [0, 0.1) is 0 Å². The highest BCUT2D eigenvalue weighted by molar-refractivity contribution is 6.29. The molecule has 1 aliphatic carbocycles. The van der Waals surface area contributed by atoms with E-state index in [-0.39, 0.29) is 0 Å². The second kappa shape index (κ2) is 12.8. The Morgan fingerprint density at radius 3 is 1.47 bits per heavy atom. The van der Waals surface area contributed by atoms with Crippen LogP contribution in [0.4, 0.5) is 0 Å². The summed E-state index contributed by atoms with van der Waals surface area (Å²) >= 11 is 0. The molecule has 2 heterocycles. The third kappa shape index (κ3) is 4.82. The predicted molar refractivity (Wildman–Crippen MR) is 253 cm³/mol. The lowest BCUT2D eigenvalue weighted by molar-refractivity contribution is 1.18. The lowest BCUT2D eigenvalue weighted by Crippen LogP contribution is -1.94. The zero-order chi connectivity index (χ0) is 39.3. The first-order valence-electron chi connectivity index (χ1n) is 20.8.